The molecule has 3 N–H and O–H groups in total. The van der Waals surface area contributed by atoms with Gasteiger partial charge in [0.05, 0.1) is 35.8 Å². The molecule has 1 aromatic heterocycles. The molecule has 0 aliphatic heterocycles. The van der Waals surface area contributed by atoms with Crippen molar-refractivity contribution in [3.05, 3.63) is 35.7 Å². The number of carbonyl (C=O) groups is 1. The highest BCUT2D eigenvalue weighted by Gasteiger charge is 2.21. The first-order valence-electron chi connectivity index (χ1n) is 7.04. The minimum atomic E-state index is -0.243. The zero-order chi connectivity index (χ0) is 16.5. The molecule has 6 nitrogen and oxygen atoms in total. The molecule has 0 unspecified atom stereocenters. The molecule has 2 aromatic rings. The number of anilines is 2. The molecular weight excluding hydrogens is 280 g/mol. The minimum Gasteiger partial charge on any atom is -0.497 e. The Morgan fingerprint density at radius 3 is 2.59 bits per heavy atom. The second kappa shape index (κ2) is 5.71. The summed E-state index contributed by atoms with van der Waals surface area (Å²) in [5.41, 5.74) is 8.05. The predicted molar refractivity (Wildman–Crippen MR) is 87.3 cm³/mol. The summed E-state index contributed by atoms with van der Waals surface area (Å²) in [7, 11) is 1.56. The number of benzene rings is 1. The Balaban J connectivity index is 2.29. The van der Waals surface area contributed by atoms with E-state index in [0.29, 0.717) is 22.7 Å². The fourth-order valence-corrected chi connectivity index (χ4v) is 2.27. The van der Waals surface area contributed by atoms with Crippen LogP contribution in [0.4, 0.5) is 11.4 Å². The topological polar surface area (TPSA) is 82.2 Å². The maximum absolute atomic E-state index is 12.5. The van der Waals surface area contributed by atoms with E-state index in [1.54, 1.807) is 31.5 Å². The van der Waals surface area contributed by atoms with Crippen LogP contribution >= 0.6 is 0 Å². The largest absolute Gasteiger partial charge is 0.497 e. The van der Waals surface area contributed by atoms with Crippen LogP contribution in [-0.4, -0.2) is 22.8 Å². The van der Waals surface area contributed by atoms with E-state index in [1.807, 2.05) is 32.4 Å². The van der Waals surface area contributed by atoms with Gasteiger partial charge in [-0.05, 0) is 39.8 Å². The van der Waals surface area contributed by atoms with Crippen LogP contribution in [0, 0.1) is 6.92 Å². The molecular formula is C16H22N4O2. The van der Waals surface area contributed by atoms with Gasteiger partial charge in [-0.1, -0.05) is 0 Å². The van der Waals surface area contributed by atoms with E-state index in [4.69, 9.17) is 10.5 Å². The Morgan fingerprint density at radius 1 is 1.36 bits per heavy atom. The van der Waals surface area contributed by atoms with Gasteiger partial charge >= 0.3 is 0 Å². The number of ether oxygens (including phenoxy) is 1. The van der Waals surface area contributed by atoms with E-state index in [2.05, 4.69) is 10.4 Å². The molecule has 0 saturated heterocycles. The smallest absolute Gasteiger partial charge is 0.259 e. The second-order valence-corrected chi connectivity index (χ2v) is 6.13. The highest BCUT2D eigenvalue weighted by Crippen LogP contribution is 2.25. The second-order valence-electron chi connectivity index (χ2n) is 6.13. The first-order valence-corrected chi connectivity index (χ1v) is 7.04. The van der Waals surface area contributed by atoms with Crippen molar-refractivity contribution in [1.29, 1.82) is 0 Å². The van der Waals surface area contributed by atoms with Crippen molar-refractivity contribution >= 4 is 17.3 Å². The third-order valence-corrected chi connectivity index (χ3v) is 3.40. The molecule has 2 rings (SSSR count). The molecule has 0 radical (unpaired) electrons. The maximum atomic E-state index is 12.5. The Kier molecular flexibility index (Phi) is 4.12. The molecule has 0 aliphatic carbocycles. The van der Waals surface area contributed by atoms with Gasteiger partial charge in [-0.15, -0.1) is 0 Å². The molecule has 6 heteroatoms. The van der Waals surface area contributed by atoms with Crippen molar-refractivity contribution < 1.29 is 9.53 Å². The minimum absolute atomic E-state index is 0.183. The number of rotatable bonds is 3. The zero-order valence-electron chi connectivity index (χ0n) is 13.6. The average Bonchev–Trinajstić information content (AvgIpc) is 2.83. The summed E-state index contributed by atoms with van der Waals surface area (Å²) < 4.78 is 6.98. The highest BCUT2D eigenvalue weighted by molar-refractivity contribution is 6.06. The lowest BCUT2D eigenvalue weighted by molar-refractivity contribution is 0.102. The van der Waals surface area contributed by atoms with E-state index >= 15 is 0 Å². The first-order chi connectivity index (χ1) is 10.2. The summed E-state index contributed by atoms with van der Waals surface area (Å²) in [4.78, 5) is 12.5. The standard InChI is InChI=1S/C16H22N4O2/c1-10-12(9-18-20(10)16(2,3)4)15(21)19-14-8-11(22-5)6-7-13(14)17/h6-9H,17H2,1-5H3,(H,19,21). The summed E-state index contributed by atoms with van der Waals surface area (Å²) in [6.07, 6.45) is 1.58. The van der Waals surface area contributed by atoms with Crippen molar-refractivity contribution in [2.24, 2.45) is 0 Å². The van der Waals surface area contributed by atoms with E-state index in [1.165, 1.54) is 0 Å². The molecule has 1 amide bonds. The van der Waals surface area contributed by atoms with Crippen LogP contribution in [0.3, 0.4) is 0 Å². The van der Waals surface area contributed by atoms with E-state index in [9.17, 15) is 4.79 Å². The van der Waals surface area contributed by atoms with Crippen LogP contribution < -0.4 is 15.8 Å². The lowest BCUT2D eigenvalue weighted by atomic mass is 10.1. The summed E-state index contributed by atoms with van der Waals surface area (Å²) in [5.74, 6) is 0.388. The summed E-state index contributed by atoms with van der Waals surface area (Å²) in [6, 6.07) is 5.13. The van der Waals surface area contributed by atoms with Gasteiger partial charge < -0.3 is 15.8 Å². The molecule has 0 aliphatic rings. The number of methoxy groups -OCH3 is 1. The molecule has 0 atom stereocenters. The summed E-state index contributed by atoms with van der Waals surface area (Å²) >= 11 is 0. The lowest BCUT2D eigenvalue weighted by Crippen LogP contribution is -2.25. The van der Waals surface area contributed by atoms with E-state index in [-0.39, 0.29) is 11.4 Å². The number of nitrogens with one attached hydrogen (secondary N) is 1. The molecule has 22 heavy (non-hydrogen) atoms. The number of aromatic nitrogens is 2. The van der Waals surface area contributed by atoms with Crippen molar-refractivity contribution in [3.8, 4) is 5.75 Å². The average molecular weight is 302 g/mol. The Labute approximate surface area is 130 Å². The van der Waals surface area contributed by atoms with Gasteiger partial charge in [-0.25, -0.2) is 0 Å². The molecule has 0 bridgehead atoms. The highest BCUT2D eigenvalue weighted by atomic mass is 16.5. The van der Waals surface area contributed by atoms with E-state index < -0.39 is 0 Å². The fraction of sp³-hybridized carbons (Fsp3) is 0.375. The molecule has 0 spiro atoms. The first kappa shape index (κ1) is 15.9. The van der Waals surface area contributed by atoms with Crippen molar-refractivity contribution in [1.82, 2.24) is 9.78 Å². The molecule has 1 heterocycles. The van der Waals surface area contributed by atoms with Gasteiger partial charge in [0, 0.05) is 11.8 Å². The van der Waals surface area contributed by atoms with Gasteiger partial charge in [0.1, 0.15) is 5.75 Å². The van der Waals surface area contributed by atoms with Crippen LogP contribution in [0.25, 0.3) is 0 Å². The van der Waals surface area contributed by atoms with Crippen molar-refractivity contribution in [2.75, 3.05) is 18.2 Å². The van der Waals surface area contributed by atoms with E-state index in [0.717, 1.165) is 5.69 Å². The third kappa shape index (κ3) is 3.05. The van der Waals surface area contributed by atoms with Gasteiger partial charge in [0.15, 0.2) is 0 Å². The van der Waals surface area contributed by atoms with Crippen LogP contribution in [0.2, 0.25) is 0 Å². The molecule has 0 fully saturated rings. The monoisotopic (exact) mass is 302 g/mol. The normalized spacial score (nSPS) is 11.3. The maximum Gasteiger partial charge on any atom is 0.259 e. The Hall–Kier alpha value is -2.50. The Morgan fingerprint density at radius 2 is 2.05 bits per heavy atom. The van der Waals surface area contributed by atoms with Crippen LogP contribution in [0.15, 0.2) is 24.4 Å². The molecule has 1 aromatic carbocycles. The summed E-state index contributed by atoms with van der Waals surface area (Å²) in [5, 5.41) is 7.12. The van der Waals surface area contributed by atoms with Gasteiger partial charge in [0.25, 0.3) is 5.91 Å². The number of amides is 1. The third-order valence-electron chi connectivity index (χ3n) is 3.40. The van der Waals surface area contributed by atoms with Crippen molar-refractivity contribution in [3.63, 3.8) is 0 Å². The van der Waals surface area contributed by atoms with Crippen LogP contribution in [-0.2, 0) is 5.54 Å². The number of nitrogens with two attached hydrogens (primary N) is 1. The zero-order valence-corrected chi connectivity index (χ0v) is 13.6. The van der Waals surface area contributed by atoms with Gasteiger partial charge in [-0.3, -0.25) is 9.48 Å². The van der Waals surface area contributed by atoms with Crippen molar-refractivity contribution in [2.45, 2.75) is 33.2 Å². The fourth-order valence-electron chi connectivity index (χ4n) is 2.27. The Bertz CT molecular complexity index is 699. The SMILES string of the molecule is COc1ccc(N)c(NC(=O)c2cnn(C(C)(C)C)c2C)c1. The van der Waals surface area contributed by atoms with Gasteiger partial charge in [0.2, 0.25) is 0 Å². The lowest BCUT2D eigenvalue weighted by Gasteiger charge is -2.21. The number of nitrogens with zero attached hydrogens (tertiary/aromatic N) is 2. The van der Waals surface area contributed by atoms with Crippen LogP contribution in [0.5, 0.6) is 5.75 Å². The quantitative estimate of drug-likeness (QED) is 0.854. The van der Waals surface area contributed by atoms with Gasteiger partial charge in [-0.2, -0.15) is 5.10 Å². The number of nitrogen functional groups attached to an aromatic ring is 1. The number of hydrogen-bond acceptors (Lipinski definition) is 4. The van der Waals surface area contributed by atoms with Crippen LogP contribution in [0.1, 0.15) is 36.8 Å². The molecule has 118 valence electrons. The number of hydrogen-bond donors (Lipinski definition) is 2. The molecule has 0 saturated carbocycles. The predicted octanol–water partition coefficient (Wildman–Crippen LogP) is 2.79. The number of carbonyl (C=O) groups excluding carboxylic acids is 1. The summed E-state index contributed by atoms with van der Waals surface area (Å²) in [6.45, 7) is 7.99.